The lowest BCUT2D eigenvalue weighted by atomic mass is 9.85. The molecule has 3 N–H and O–H groups in total. The number of rotatable bonds is 7. The number of carbonyl (C=O) groups is 3. The van der Waals surface area contributed by atoms with Gasteiger partial charge in [0.1, 0.15) is 18.6 Å². The van der Waals surface area contributed by atoms with Crippen LogP contribution in [-0.4, -0.2) is 95.0 Å². The Hall–Kier alpha value is -3.63. The van der Waals surface area contributed by atoms with Crippen molar-refractivity contribution < 1.29 is 19.1 Å². The van der Waals surface area contributed by atoms with Crippen LogP contribution in [0.4, 0.5) is 21.0 Å². The molecular formula is C36H50N6O4. The lowest BCUT2D eigenvalue weighted by Crippen LogP contribution is -2.71. The first-order valence-corrected chi connectivity index (χ1v) is 17.2. The fourth-order valence-corrected chi connectivity index (χ4v) is 8.42. The summed E-state index contributed by atoms with van der Waals surface area (Å²) in [5, 5.41) is 3.12. The van der Waals surface area contributed by atoms with Gasteiger partial charge in [0.15, 0.2) is 0 Å². The van der Waals surface area contributed by atoms with Crippen molar-refractivity contribution in [3.63, 3.8) is 0 Å². The Kier molecular flexibility index (Phi) is 9.84. The number of aryl methyl sites for hydroxylation is 2. The summed E-state index contributed by atoms with van der Waals surface area (Å²) in [6.45, 7) is 8.35. The second-order valence-corrected chi connectivity index (χ2v) is 13.7. The third kappa shape index (κ3) is 6.60. The van der Waals surface area contributed by atoms with Crippen LogP contribution in [0.2, 0.25) is 0 Å². The third-order valence-corrected chi connectivity index (χ3v) is 11.0. The molecule has 10 nitrogen and oxygen atoms in total. The zero-order valence-electron chi connectivity index (χ0n) is 27.5. The van der Waals surface area contributed by atoms with Gasteiger partial charge in [0, 0.05) is 75.6 Å². The zero-order chi connectivity index (χ0) is 32.3. The lowest BCUT2D eigenvalue weighted by Gasteiger charge is -2.57. The molecule has 1 aliphatic carbocycles. The van der Waals surface area contributed by atoms with Crippen LogP contribution >= 0.6 is 0 Å². The second-order valence-electron chi connectivity index (χ2n) is 13.7. The highest BCUT2D eigenvalue weighted by Gasteiger charge is 2.52. The number of fused-ring (bicyclic) bond motifs is 1. The summed E-state index contributed by atoms with van der Waals surface area (Å²) < 4.78 is 5.99. The van der Waals surface area contributed by atoms with Crippen molar-refractivity contribution in [1.82, 2.24) is 19.6 Å². The van der Waals surface area contributed by atoms with Crippen LogP contribution in [0.5, 0.6) is 0 Å². The number of nitrogens with one attached hydrogen (secondary N) is 1. The van der Waals surface area contributed by atoms with Crippen molar-refractivity contribution in [1.29, 1.82) is 0 Å². The van der Waals surface area contributed by atoms with Crippen LogP contribution in [0.3, 0.4) is 0 Å². The number of nitrogens with zero attached hydrogens (tertiary/aromatic N) is 4. The molecule has 2 aromatic carbocycles. The maximum atomic E-state index is 14.0. The quantitative estimate of drug-likeness (QED) is 0.315. The summed E-state index contributed by atoms with van der Waals surface area (Å²) in [6.07, 6.45) is 8.93. The van der Waals surface area contributed by atoms with Crippen molar-refractivity contribution in [2.45, 2.75) is 96.0 Å². The van der Waals surface area contributed by atoms with Crippen LogP contribution < -0.4 is 11.1 Å². The van der Waals surface area contributed by atoms with Gasteiger partial charge in [0.25, 0.3) is 0 Å². The number of piperazine rings is 1. The number of hydrogen-bond donors (Lipinski definition) is 2. The summed E-state index contributed by atoms with van der Waals surface area (Å²) in [7, 11) is 0. The highest BCUT2D eigenvalue weighted by molar-refractivity contribution is 5.91. The van der Waals surface area contributed by atoms with Gasteiger partial charge in [-0.25, -0.2) is 9.59 Å². The van der Waals surface area contributed by atoms with Gasteiger partial charge in [-0.3, -0.25) is 14.7 Å². The highest BCUT2D eigenvalue weighted by Crippen LogP contribution is 2.39. The minimum Gasteiger partial charge on any atom is -0.445 e. The maximum absolute atomic E-state index is 14.0. The van der Waals surface area contributed by atoms with E-state index in [0.717, 1.165) is 72.5 Å². The van der Waals surface area contributed by atoms with Gasteiger partial charge in [0.05, 0.1) is 0 Å². The van der Waals surface area contributed by atoms with Crippen molar-refractivity contribution in [3.8, 4) is 0 Å². The fourth-order valence-electron chi connectivity index (χ4n) is 8.42. The number of nitrogen functional groups attached to an aromatic ring is 1. The number of carbonyl (C=O) groups excluding carboxylic acids is 3. The van der Waals surface area contributed by atoms with E-state index in [1.807, 2.05) is 49.1 Å². The number of nitrogens with two attached hydrogens (primary N) is 1. The van der Waals surface area contributed by atoms with Crippen LogP contribution in [0.1, 0.15) is 73.6 Å². The Morgan fingerprint density at radius 1 is 0.978 bits per heavy atom. The molecule has 2 atom stereocenters. The Morgan fingerprint density at radius 3 is 2.41 bits per heavy atom. The maximum Gasteiger partial charge on any atom is 0.411 e. The number of amides is 3. The number of piperidine rings is 1. The summed E-state index contributed by atoms with van der Waals surface area (Å²) in [4.78, 5) is 48.8. The lowest BCUT2D eigenvalue weighted by molar-refractivity contribution is -0.130. The zero-order valence-corrected chi connectivity index (χ0v) is 27.5. The largest absolute Gasteiger partial charge is 0.445 e. The van der Waals surface area contributed by atoms with Crippen LogP contribution in [0.15, 0.2) is 36.4 Å². The average Bonchev–Trinajstić information content (AvgIpc) is 3.24. The Bertz CT molecular complexity index is 1400. The van der Waals surface area contributed by atoms with Crippen molar-refractivity contribution >= 4 is 29.8 Å². The number of ether oxygens (including phenoxy) is 1. The van der Waals surface area contributed by atoms with Crippen molar-refractivity contribution in [2.75, 3.05) is 50.3 Å². The smallest absolute Gasteiger partial charge is 0.411 e. The minimum atomic E-state index is -0.882. The molecule has 0 spiro atoms. The summed E-state index contributed by atoms with van der Waals surface area (Å²) in [6, 6.07) is 12.2. The van der Waals surface area contributed by atoms with E-state index in [2.05, 4.69) is 21.2 Å². The minimum absolute atomic E-state index is 0.123. The van der Waals surface area contributed by atoms with E-state index < -0.39 is 11.8 Å². The molecule has 6 rings (SSSR count). The highest BCUT2D eigenvalue weighted by atomic mass is 16.6. The Labute approximate surface area is 273 Å². The summed E-state index contributed by atoms with van der Waals surface area (Å²) >= 11 is 0. The number of aldehydes is 1. The molecule has 0 aromatic heterocycles. The monoisotopic (exact) mass is 630 g/mol. The molecular weight excluding hydrogens is 580 g/mol. The van der Waals surface area contributed by atoms with Crippen LogP contribution in [0.25, 0.3) is 0 Å². The molecule has 248 valence electrons. The second kappa shape index (κ2) is 14.0. The predicted octanol–water partition coefficient (Wildman–Crippen LogP) is 5.31. The number of hydrogen-bond acceptors (Lipinski definition) is 7. The molecule has 0 unspecified atom stereocenters. The number of likely N-dealkylation sites (tertiary alicyclic amines) is 1. The van der Waals surface area contributed by atoms with E-state index in [9.17, 15) is 14.4 Å². The van der Waals surface area contributed by atoms with E-state index in [4.69, 9.17) is 10.5 Å². The number of benzene rings is 2. The first-order chi connectivity index (χ1) is 22.3. The SMILES string of the molecule is Cc1cc(COC(=O)N2CC[C@@H](N3CCc4ccccc4NC3=O)C[C@@]2(CC=O)N2CCN(C3CCCCC3)CC2)cc(C)c1N. The number of urea groups is 1. The molecule has 0 radical (unpaired) electrons. The molecule has 10 heteroatoms. The Morgan fingerprint density at radius 2 is 1.70 bits per heavy atom. The van der Waals surface area contributed by atoms with Gasteiger partial charge in [-0.2, -0.15) is 0 Å². The molecule has 2 saturated heterocycles. The predicted molar refractivity (Wildman–Crippen MR) is 180 cm³/mol. The van der Waals surface area contributed by atoms with Gasteiger partial charge in [-0.05, 0) is 67.9 Å². The van der Waals surface area contributed by atoms with Gasteiger partial charge in [0.2, 0.25) is 0 Å². The van der Waals surface area contributed by atoms with Gasteiger partial charge >= 0.3 is 12.1 Å². The van der Waals surface area contributed by atoms with E-state index in [-0.39, 0.29) is 25.1 Å². The molecule has 3 amide bonds. The molecule has 3 aliphatic heterocycles. The standard InChI is InChI=1S/C36H50N6O4/c1-26-22-28(23-27(2)33(26)37)25-46-35(45)42-16-13-31(41-15-12-29-8-6-7-11-32(29)38-34(41)44)24-36(42,14-21-43)40-19-17-39(18-20-40)30-9-4-3-5-10-30/h6-8,11,21-23,30-31H,3-5,9-10,12-20,24-25,37H2,1-2H3,(H,38,44)/t31-,36+/m1/s1. The first-order valence-electron chi connectivity index (χ1n) is 17.2. The van der Waals surface area contributed by atoms with Crippen molar-refractivity contribution in [2.24, 2.45) is 0 Å². The van der Waals surface area contributed by atoms with Crippen molar-refractivity contribution in [3.05, 3.63) is 58.7 Å². The van der Waals surface area contributed by atoms with Gasteiger partial charge in [-0.1, -0.05) is 49.6 Å². The molecule has 46 heavy (non-hydrogen) atoms. The number of para-hydroxylation sites is 1. The van der Waals surface area contributed by atoms with E-state index in [0.29, 0.717) is 32.0 Å². The topological polar surface area (TPSA) is 111 Å². The summed E-state index contributed by atoms with van der Waals surface area (Å²) in [5.74, 6) is 0. The average molecular weight is 631 g/mol. The van der Waals surface area contributed by atoms with E-state index in [1.165, 1.54) is 32.1 Å². The van der Waals surface area contributed by atoms with Gasteiger partial charge in [-0.15, -0.1) is 0 Å². The molecule has 4 aliphatic rings. The molecule has 0 bridgehead atoms. The van der Waals surface area contributed by atoms with Crippen LogP contribution in [-0.2, 0) is 22.6 Å². The molecule has 3 heterocycles. The third-order valence-electron chi connectivity index (χ3n) is 11.0. The normalized spacial score (nSPS) is 25.0. The molecule has 2 aromatic rings. The fraction of sp³-hybridized carbons (Fsp3) is 0.583. The Balaban J connectivity index is 1.24. The summed E-state index contributed by atoms with van der Waals surface area (Å²) in [5.41, 5.74) is 10.8. The van der Waals surface area contributed by atoms with Gasteiger partial charge < -0.3 is 25.5 Å². The molecule has 1 saturated carbocycles. The molecule has 3 fully saturated rings. The van der Waals surface area contributed by atoms with E-state index in [1.54, 1.807) is 4.90 Å². The number of anilines is 2. The first kappa shape index (κ1) is 32.3. The van der Waals surface area contributed by atoms with Crippen LogP contribution in [0, 0.1) is 13.8 Å². The van der Waals surface area contributed by atoms with E-state index >= 15 is 0 Å².